The molecule has 110 valence electrons. The van der Waals surface area contributed by atoms with Crippen LogP contribution in [0.5, 0.6) is 5.75 Å². The summed E-state index contributed by atoms with van der Waals surface area (Å²) in [6.45, 7) is 0.833. The second-order valence-corrected chi connectivity index (χ2v) is 6.14. The van der Waals surface area contributed by atoms with Crippen molar-refractivity contribution in [3.8, 4) is 5.75 Å². The fraction of sp³-hybridized carbons (Fsp3) is 0.294. The van der Waals surface area contributed by atoms with Gasteiger partial charge in [0.05, 0.1) is 19.3 Å². The van der Waals surface area contributed by atoms with Gasteiger partial charge in [0.2, 0.25) is 0 Å². The highest BCUT2D eigenvalue weighted by atomic mass is 79.9. The van der Waals surface area contributed by atoms with Crippen molar-refractivity contribution in [2.24, 2.45) is 0 Å². The zero-order chi connectivity index (χ0) is 14.7. The number of anilines is 1. The molecule has 1 unspecified atom stereocenters. The Bertz CT molecular complexity index is 613. The molecule has 21 heavy (non-hydrogen) atoms. The molecule has 0 amide bonds. The van der Waals surface area contributed by atoms with Gasteiger partial charge < -0.3 is 15.2 Å². The molecule has 4 heteroatoms. The molecule has 3 rings (SSSR count). The summed E-state index contributed by atoms with van der Waals surface area (Å²) in [5, 5.41) is 12.7. The summed E-state index contributed by atoms with van der Waals surface area (Å²) >= 11 is 3.49. The number of rotatable bonds is 3. The number of aliphatic hydroxyl groups is 1. The maximum absolute atomic E-state index is 9.10. The van der Waals surface area contributed by atoms with E-state index in [2.05, 4.69) is 33.4 Å². The molecular weight excluding hydrogens is 330 g/mol. The first-order chi connectivity index (χ1) is 10.3. The third-order valence-electron chi connectivity index (χ3n) is 3.72. The third-order valence-corrected chi connectivity index (χ3v) is 4.22. The molecule has 0 saturated carbocycles. The molecule has 0 bridgehead atoms. The van der Waals surface area contributed by atoms with E-state index in [0.29, 0.717) is 0 Å². The van der Waals surface area contributed by atoms with Gasteiger partial charge in [0.25, 0.3) is 0 Å². The first kappa shape index (κ1) is 14.4. The molecule has 3 nitrogen and oxygen atoms in total. The molecule has 1 heterocycles. The van der Waals surface area contributed by atoms with Crippen LogP contribution >= 0.6 is 15.9 Å². The number of hydrogen-bond acceptors (Lipinski definition) is 3. The van der Waals surface area contributed by atoms with Crippen molar-refractivity contribution in [3.63, 3.8) is 0 Å². The Hall–Kier alpha value is -1.52. The van der Waals surface area contributed by atoms with Crippen LogP contribution in [0.2, 0.25) is 0 Å². The monoisotopic (exact) mass is 347 g/mol. The summed E-state index contributed by atoms with van der Waals surface area (Å²) in [6.07, 6.45) is 2.06. The second-order valence-electron chi connectivity index (χ2n) is 5.22. The SMILES string of the molecule is OCc1ccc(NC2CCCOc3cc(Br)ccc32)cc1. The van der Waals surface area contributed by atoms with E-state index in [0.717, 1.165) is 40.9 Å². The number of aliphatic hydroxyl groups excluding tert-OH is 1. The summed E-state index contributed by atoms with van der Waals surface area (Å²) in [7, 11) is 0. The average molecular weight is 348 g/mol. The van der Waals surface area contributed by atoms with Gasteiger partial charge in [0.1, 0.15) is 5.75 Å². The molecule has 0 aromatic heterocycles. The van der Waals surface area contributed by atoms with Crippen LogP contribution in [-0.2, 0) is 6.61 Å². The lowest BCUT2D eigenvalue weighted by Gasteiger charge is -2.20. The van der Waals surface area contributed by atoms with Crippen LogP contribution < -0.4 is 10.1 Å². The van der Waals surface area contributed by atoms with Gasteiger partial charge in [0, 0.05) is 15.7 Å². The lowest BCUT2D eigenvalue weighted by molar-refractivity contribution is 0.282. The highest BCUT2D eigenvalue weighted by molar-refractivity contribution is 9.10. The smallest absolute Gasteiger partial charge is 0.125 e. The Kier molecular flexibility index (Phi) is 4.46. The van der Waals surface area contributed by atoms with E-state index in [4.69, 9.17) is 9.84 Å². The summed E-state index contributed by atoms with van der Waals surface area (Å²) in [6, 6.07) is 14.4. The lowest BCUT2D eigenvalue weighted by Crippen LogP contribution is -2.10. The van der Waals surface area contributed by atoms with Crippen molar-refractivity contribution in [1.29, 1.82) is 0 Å². The second kappa shape index (κ2) is 6.50. The molecule has 0 saturated heterocycles. The third kappa shape index (κ3) is 3.39. The number of ether oxygens (including phenoxy) is 1. The molecule has 0 aliphatic carbocycles. The van der Waals surface area contributed by atoms with Crippen molar-refractivity contribution < 1.29 is 9.84 Å². The maximum atomic E-state index is 9.10. The first-order valence-electron chi connectivity index (χ1n) is 7.15. The Morgan fingerprint density at radius 1 is 1.19 bits per heavy atom. The van der Waals surface area contributed by atoms with E-state index in [9.17, 15) is 0 Å². The molecule has 0 fully saturated rings. The predicted molar refractivity (Wildman–Crippen MR) is 87.6 cm³/mol. The first-order valence-corrected chi connectivity index (χ1v) is 7.94. The number of fused-ring (bicyclic) bond motifs is 1. The minimum Gasteiger partial charge on any atom is -0.493 e. The Morgan fingerprint density at radius 2 is 2.00 bits per heavy atom. The summed E-state index contributed by atoms with van der Waals surface area (Å²) in [4.78, 5) is 0. The Morgan fingerprint density at radius 3 is 2.76 bits per heavy atom. The van der Waals surface area contributed by atoms with Crippen molar-refractivity contribution in [2.45, 2.75) is 25.5 Å². The highest BCUT2D eigenvalue weighted by Crippen LogP contribution is 2.35. The van der Waals surface area contributed by atoms with Crippen LogP contribution in [0.3, 0.4) is 0 Å². The Labute approximate surface area is 133 Å². The van der Waals surface area contributed by atoms with Gasteiger partial charge in [-0.05, 0) is 42.7 Å². The Balaban J connectivity index is 1.84. The molecule has 1 aliphatic rings. The van der Waals surface area contributed by atoms with Crippen LogP contribution in [0, 0.1) is 0 Å². The minimum atomic E-state index is 0.0778. The zero-order valence-corrected chi connectivity index (χ0v) is 13.3. The summed E-state index contributed by atoms with van der Waals surface area (Å²) in [5.74, 6) is 0.950. The molecule has 2 aromatic carbocycles. The van der Waals surface area contributed by atoms with Gasteiger partial charge in [-0.2, -0.15) is 0 Å². The normalized spacial score (nSPS) is 17.5. The molecule has 0 radical (unpaired) electrons. The molecule has 1 atom stereocenters. The van der Waals surface area contributed by atoms with E-state index >= 15 is 0 Å². The van der Waals surface area contributed by atoms with E-state index in [1.54, 1.807) is 0 Å². The van der Waals surface area contributed by atoms with Crippen LogP contribution in [0.1, 0.15) is 30.0 Å². The quantitative estimate of drug-likeness (QED) is 0.871. The predicted octanol–water partition coefficient (Wildman–Crippen LogP) is 4.27. The standard InChI is InChI=1S/C17H18BrNO2/c18-13-5-8-15-16(2-1-9-21-17(15)10-13)19-14-6-3-12(11-20)4-7-14/h3-8,10,16,19-20H,1-2,9,11H2. The van der Waals surface area contributed by atoms with Gasteiger partial charge in [-0.3, -0.25) is 0 Å². The molecule has 0 spiro atoms. The number of hydrogen-bond donors (Lipinski definition) is 2. The van der Waals surface area contributed by atoms with Crippen LogP contribution in [0.25, 0.3) is 0 Å². The maximum Gasteiger partial charge on any atom is 0.125 e. The van der Waals surface area contributed by atoms with Crippen molar-refractivity contribution >= 4 is 21.6 Å². The number of nitrogens with one attached hydrogen (secondary N) is 1. The van der Waals surface area contributed by atoms with Crippen LogP contribution in [0.4, 0.5) is 5.69 Å². The van der Waals surface area contributed by atoms with Gasteiger partial charge >= 0.3 is 0 Å². The van der Waals surface area contributed by atoms with Gasteiger partial charge in [-0.15, -0.1) is 0 Å². The average Bonchev–Trinajstić information content (AvgIpc) is 2.70. The van der Waals surface area contributed by atoms with Crippen LogP contribution in [0.15, 0.2) is 46.9 Å². The number of benzene rings is 2. The van der Waals surface area contributed by atoms with Gasteiger partial charge in [-0.25, -0.2) is 0 Å². The molecule has 2 aromatic rings. The summed E-state index contributed by atoms with van der Waals surface area (Å²) < 4.78 is 6.87. The van der Waals surface area contributed by atoms with Crippen LogP contribution in [-0.4, -0.2) is 11.7 Å². The lowest BCUT2D eigenvalue weighted by atomic mass is 10.0. The fourth-order valence-electron chi connectivity index (χ4n) is 2.60. The summed E-state index contributed by atoms with van der Waals surface area (Å²) in [5.41, 5.74) is 3.18. The number of halogens is 1. The van der Waals surface area contributed by atoms with Gasteiger partial charge in [0.15, 0.2) is 0 Å². The van der Waals surface area contributed by atoms with Crippen molar-refractivity contribution in [1.82, 2.24) is 0 Å². The molecule has 1 aliphatic heterocycles. The van der Waals surface area contributed by atoms with E-state index in [1.807, 2.05) is 30.3 Å². The van der Waals surface area contributed by atoms with E-state index in [1.165, 1.54) is 5.56 Å². The fourth-order valence-corrected chi connectivity index (χ4v) is 2.94. The molecular formula is C17H18BrNO2. The van der Waals surface area contributed by atoms with Crippen molar-refractivity contribution in [2.75, 3.05) is 11.9 Å². The largest absolute Gasteiger partial charge is 0.493 e. The topological polar surface area (TPSA) is 41.5 Å². The molecule has 2 N–H and O–H groups in total. The minimum absolute atomic E-state index is 0.0778. The van der Waals surface area contributed by atoms with E-state index < -0.39 is 0 Å². The van der Waals surface area contributed by atoms with E-state index in [-0.39, 0.29) is 12.6 Å². The van der Waals surface area contributed by atoms with Gasteiger partial charge in [-0.1, -0.05) is 34.1 Å². The van der Waals surface area contributed by atoms with Crippen molar-refractivity contribution in [3.05, 3.63) is 58.1 Å². The zero-order valence-electron chi connectivity index (χ0n) is 11.7. The highest BCUT2D eigenvalue weighted by Gasteiger charge is 2.19.